The lowest BCUT2D eigenvalue weighted by Crippen LogP contribution is -2.26. The number of hydrogen-bond acceptors (Lipinski definition) is 1. The van der Waals surface area contributed by atoms with E-state index in [0.29, 0.717) is 6.10 Å². The zero-order valence-electron chi connectivity index (χ0n) is 10.0. The third-order valence-corrected chi connectivity index (χ3v) is 4.17. The monoisotopic (exact) mass is 208 g/mol. The number of rotatable bonds is 5. The zero-order valence-corrected chi connectivity index (χ0v) is 10.0. The Bertz CT molecular complexity index is 217. The van der Waals surface area contributed by atoms with Crippen molar-refractivity contribution in [3.8, 4) is 0 Å². The van der Waals surface area contributed by atoms with Gasteiger partial charge in [0.2, 0.25) is 0 Å². The fraction of sp³-hybridized carbons (Fsp3) is 0.857. The fourth-order valence-electron chi connectivity index (χ4n) is 3.15. The molecule has 15 heavy (non-hydrogen) atoms. The molecule has 0 spiro atoms. The van der Waals surface area contributed by atoms with Crippen LogP contribution in [0.3, 0.4) is 0 Å². The van der Waals surface area contributed by atoms with Crippen molar-refractivity contribution in [3.05, 3.63) is 12.7 Å². The number of unbranched alkanes of at least 4 members (excludes halogenated alkanes) is 1. The van der Waals surface area contributed by atoms with Crippen LogP contribution in [0.4, 0.5) is 0 Å². The number of ether oxygens (including phenoxy) is 1. The van der Waals surface area contributed by atoms with Gasteiger partial charge in [-0.05, 0) is 25.2 Å². The van der Waals surface area contributed by atoms with Crippen molar-refractivity contribution in [2.45, 2.75) is 70.0 Å². The van der Waals surface area contributed by atoms with Crippen LogP contribution in [-0.4, -0.2) is 11.7 Å². The van der Waals surface area contributed by atoms with E-state index in [1.54, 1.807) is 0 Å². The summed E-state index contributed by atoms with van der Waals surface area (Å²) in [7, 11) is 0. The summed E-state index contributed by atoms with van der Waals surface area (Å²) in [4.78, 5) is 0. The second-order valence-electron chi connectivity index (χ2n) is 5.14. The molecule has 0 N–H and O–H groups in total. The largest absolute Gasteiger partial charge is 0.361 e. The normalized spacial score (nSPS) is 36.5. The van der Waals surface area contributed by atoms with Crippen molar-refractivity contribution in [3.63, 3.8) is 0 Å². The molecule has 1 heteroatoms. The second-order valence-corrected chi connectivity index (χ2v) is 5.14. The highest BCUT2D eigenvalue weighted by Gasteiger charge is 2.57. The average molecular weight is 208 g/mol. The Morgan fingerprint density at radius 2 is 2.07 bits per heavy atom. The maximum Gasteiger partial charge on any atom is 0.115 e. The molecule has 1 saturated carbocycles. The Morgan fingerprint density at radius 3 is 2.67 bits per heavy atom. The van der Waals surface area contributed by atoms with Gasteiger partial charge in [0, 0.05) is 0 Å². The highest BCUT2D eigenvalue weighted by Crippen LogP contribution is 2.51. The minimum Gasteiger partial charge on any atom is -0.361 e. The summed E-state index contributed by atoms with van der Waals surface area (Å²) in [6.07, 6.45) is 13.3. The third kappa shape index (κ3) is 2.13. The molecule has 0 amide bonds. The highest BCUT2D eigenvalue weighted by molar-refractivity contribution is 5.17. The lowest BCUT2D eigenvalue weighted by atomic mass is 9.77. The smallest absolute Gasteiger partial charge is 0.115 e. The van der Waals surface area contributed by atoms with Gasteiger partial charge in [0.25, 0.3) is 0 Å². The molecule has 0 radical (unpaired) electrons. The highest BCUT2D eigenvalue weighted by atomic mass is 16.6. The fourth-order valence-corrected chi connectivity index (χ4v) is 3.15. The van der Waals surface area contributed by atoms with Gasteiger partial charge in [-0.2, -0.15) is 0 Å². The topological polar surface area (TPSA) is 12.5 Å². The van der Waals surface area contributed by atoms with Crippen LogP contribution >= 0.6 is 0 Å². The SMILES string of the molecule is C=CC1(C2CCCCC2)OC1CCCC. The Hall–Kier alpha value is -0.300. The van der Waals surface area contributed by atoms with E-state index in [1.807, 2.05) is 0 Å². The standard InChI is InChI=1S/C14H24O/c1-3-5-11-13-14(4-2,15-13)12-9-7-6-8-10-12/h4,12-13H,2-3,5-11H2,1H3. The van der Waals surface area contributed by atoms with Gasteiger partial charge >= 0.3 is 0 Å². The Kier molecular flexibility index (Phi) is 3.50. The molecule has 2 aliphatic rings. The molecule has 86 valence electrons. The van der Waals surface area contributed by atoms with E-state index < -0.39 is 0 Å². The van der Waals surface area contributed by atoms with Gasteiger partial charge in [0.1, 0.15) is 5.60 Å². The van der Waals surface area contributed by atoms with Crippen molar-refractivity contribution in [1.29, 1.82) is 0 Å². The van der Waals surface area contributed by atoms with E-state index >= 15 is 0 Å². The molecule has 0 aromatic heterocycles. The quantitative estimate of drug-likeness (QED) is 0.490. The van der Waals surface area contributed by atoms with Gasteiger partial charge in [-0.1, -0.05) is 45.1 Å². The van der Waals surface area contributed by atoms with Crippen LogP contribution in [0.25, 0.3) is 0 Å². The molecular weight excluding hydrogens is 184 g/mol. The van der Waals surface area contributed by atoms with Gasteiger partial charge in [-0.25, -0.2) is 0 Å². The summed E-state index contributed by atoms with van der Waals surface area (Å²) in [6.45, 7) is 6.25. The molecule has 2 rings (SSSR count). The maximum absolute atomic E-state index is 5.98. The Morgan fingerprint density at radius 1 is 1.33 bits per heavy atom. The maximum atomic E-state index is 5.98. The lowest BCUT2D eigenvalue weighted by Gasteiger charge is -2.26. The van der Waals surface area contributed by atoms with E-state index in [4.69, 9.17) is 4.74 Å². The average Bonchev–Trinajstić information content (AvgIpc) is 3.03. The molecule has 0 aromatic rings. The molecular formula is C14H24O. The lowest BCUT2D eigenvalue weighted by molar-refractivity contribution is 0.211. The molecule has 1 heterocycles. The first-order chi connectivity index (χ1) is 7.33. The van der Waals surface area contributed by atoms with Gasteiger partial charge in [0.05, 0.1) is 6.10 Å². The van der Waals surface area contributed by atoms with Crippen molar-refractivity contribution in [1.82, 2.24) is 0 Å². The van der Waals surface area contributed by atoms with Crippen molar-refractivity contribution in [2.24, 2.45) is 5.92 Å². The van der Waals surface area contributed by atoms with Crippen LogP contribution in [0.15, 0.2) is 12.7 Å². The Balaban J connectivity index is 1.89. The summed E-state index contributed by atoms with van der Waals surface area (Å²) >= 11 is 0. The predicted octanol–water partition coefficient (Wildman–Crippen LogP) is 4.08. The first kappa shape index (κ1) is 11.2. The second kappa shape index (κ2) is 4.69. The number of epoxide rings is 1. The van der Waals surface area contributed by atoms with Crippen LogP contribution in [0, 0.1) is 5.92 Å². The van der Waals surface area contributed by atoms with Gasteiger partial charge < -0.3 is 4.74 Å². The summed E-state index contributed by atoms with van der Waals surface area (Å²) in [5.74, 6) is 0.769. The zero-order chi connectivity index (χ0) is 10.7. The van der Waals surface area contributed by atoms with Crippen LogP contribution in [-0.2, 0) is 4.74 Å². The van der Waals surface area contributed by atoms with Crippen molar-refractivity contribution < 1.29 is 4.74 Å². The third-order valence-electron chi connectivity index (χ3n) is 4.17. The van der Waals surface area contributed by atoms with Crippen LogP contribution in [0.2, 0.25) is 0 Å². The minimum atomic E-state index is 0.0928. The summed E-state index contributed by atoms with van der Waals surface area (Å²) < 4.78 is 5.98. The van der Waals surface area contributed by atoms with E-state index in [1.165, 1.54) is 51.4 Å². The van der Waals surface area contributed by atoms with Crippen molar-refractivity contribution >= 4 is 0 Å². The molecule has 2 unspecified atom stereocenters. The number of hydrogen-bond donors (Lipinski definition) is 0. The molecule has 1 aliphatic carbocycles. The minimum absolute atomic E-state index is 0.0928. The van der Waals surface area contributed by atoms with E-state index in [0.717, 1.165) is 5.92 Å². The Labute approximate surface area is 93.9 Å². The summed E-state index contributed by atoms with van der Waals surface area (Å²) in [6, 6.07) is 0. The summed E-state index contributed by atoms with van der Waals surface area (Å²) in [5.41, 5.74) is 0.0928. The van der Waals surface area contributed by atoms with Crippen LogP contribution in [0.1, 0.15) is 58.3 Å². The van der Waals surface area contributed by atoms with Gasteiger partial charge in [-0.15, -0.1) is 6.58 Å². The van der Waals surface area contributed by atoms with Crippen LogP contribution < -0.4 is 0 Å². The van der Waals surface area contributed by atoms with Crippen molar-refractivity contribution in [2.75, 3.05) is 0 Å². The van der Waals surface area contributed by atoms with Gasteiger partial charge in [-0.3, -0.25) is 0 Å². The van der Waals surface area contributed by atoms with Crippen LogP contribution in [0.5, 0.6) is 0 Å². The molecule has 2 fully saturated rings. The molecule has 1 nitrogen and oxygen atoms in total. The van der Waals surface area contributed by atoms with E-state index in [-0.39, 0.29) is 5.60 Å². The predicted molar refractivity (Wildman–Crippen MR) is 63.9 cm³/mol. The van der Waals surface area contributed by atoms with Gasteiger partial charge in [0.15, 0.2) is 0 Å². The summed E-state index contributed by atoms with van der Waals surface area (Å²) in [5, 5.41) is 0. The molecule has 2 atom stereocenters. The first-order valence-corrected chi connectivity index (χ1v) is 6.65. The van der Waals surface area contributed by atoms with E-state index in [9.17, 15) is 0 Å². The molecule has 0 aromatic carbocycles. The first-order valence-electron chi connectivity index (χ1n) is 6.65. The molecule has 1 aliphatic heterocycles. The van der Waals surface area contributed by atoms with E-state index in [2.05, 4.69) is 19.6 Å². The molecule has 0 bridgehead atoms. The molecule has 1 saturated heterocycles.